The summed E-state index contributed by atoms with van der Waals surface area (Å²) in [5, 5.41) is 5.81. The van der Waals surface area contributed by atoms with E-state index in [4.69, 9.17) is 12.2 Å². The maximum absolute atomic E-state index is 13.0. The zero-order valence-corrected chi connectivity index (χ0v) is 14.3. The number of aryl methyl sites for hydroxylation is 1. The maximum Gasteiger partial charge on any atom is 0.418 e. The van der Waals surface area contributed by atoms with Gasteiger partial charge in [0.05, 0.1) is 17.3 Å². The van der Waals surface area contributed by atoms with Crippen LogP contribution in [0.5, 0.6) is 0 Å². The summed E-state index contributed by atoms with van der Waals surface area (Å²) in [6.45, 7) is 3.98. The van der Waals surface area contributed by atoms with E-state index in [2.05, 4.69) is 17.6 Å². The molecule has 0 aromatic heterocycles. The highest BCUT2D eigenvalue weighted by Crippen LogP contribution is 2.34. The van der Waals surface area contributed by atoms with Gasteiger partial charge in [-0.3, -0.25) is 0 Å². The molecule has 2 nitrogen and oxygen atoms in total. The normalized spacial score (nSPS) is 12.5. The Morgan fingerprint density at radius 2 is 1.71 bits per heavy atom. The van der Waals surface area contributed by atoms with Crippen LogP contribution in [0.3, 0.4) is 0 Å². The van der Waals surface area contributed by atoms with Crippen molar-refractivity contribution in [2.24, 2.45) is 0 Å². The van der Waals surface area contributed by atoms with Gasteiger partial charge in [0.2, 0.25) is 0 Å². The van der Waals surface area contributed by atoms with E-state index < -0.39 is 11.7 Å². The molecule has 1 unspecified atom stereocenters. The molecule has 0 radical (unpaired) electrons. The number of hydrogen-bond donors (Lipinski definition) is 2. The number of anilines is 1. The van der Waals surface area contributed by atoms with Gasteiger partial charge in [-0.15, -0.1) is 0 Å². The van der Waals surface area contributed by atoms with Crippen LogP contribution in [0, 0.1) is 0 Å². The molecule has 6 heteroatoms. The predicted molar refractivity (Wildman–Crippen MR) is 95.0 cm³/mol. The molecule has 0 fully saturated rings. The Morgan fingerprint density at radius 1 is 1.08 bits per heavy atom. The third kappa shape index (κ3) is 4.71. The van der Waals surface area contributed by atoms with Gasteiger partial charge >= 0.3 is 6.18 Å². The zero-order valence-electron chi connectivity index (χ0n) is 13.4. The van der Waals surface area contributed by atoms with E-state index in [1.165, 1.54) is 23.8 Å². The predicted octanol–water partition coefficient (Wildman–Crippen LogP) is 5.32. The van der Waals surface area contributed by atoms with Crippen molar-refractivity contribution >= 4 is 23.0 Å². The number of thiocarbonyl (C=S) groups is 1. The van der Waals surface area contributed by atoms with E-state index in [1.54, 1.807) is 0 Å². The molecule has 128 valence electrons. The monoisotopic (exact) mass is 352 g/mol. The van der Waals surface area contributed by atoms with Gasteiger partial charge in [-0.25, -0.2) is 0 Å². The lowest BCUT2D eigenvalue weighted by Gasteiger charge is -2.19. The Balaban J connectivity index is 2.05. The minimum Gasteiger partial charge on any atom is -0.356 e. The number of rotatable bonds is 4. The zero-order chi connectivity index (χ0) is 17.7. The average Bonchev–Trinajstić information content (AvgIpc) is 2.54. The van der Waals surface area contributed by atoms with E-state index in [0.717, 1.165) is 18.1 Å². The Hall–Kier alpha value is -2.08. The molecule has 0 aliphatic heterocycles. The van der Waals surface area contributed by atoms with E-state index in [9.17, 15) is 13.2 Å². The molecule has 2 rings (SSSR count). The molecule has 24 heavy (non-hydrogen) atoms. The van der Waals surface area contributed by atoms with E-state index in [0.29, 0.717) is 0 Å². The minimum atomic E-state index is -4.43. The summed E-state index contributed by atoms with van der Waals surface area (Å²) >= 11 is 5.15. The molecule has 0 aliphatic carbocycles. The highest BCUT2D eigenvalue weighted by molar-refractivity contribution is 7.80. The van der Waals surface area contributed by atoms with Crippen LogP contribution in [0.25, 0.3) is 0 Å². The summed E-state index contributed by atoms with van der Waals surface area (Å²) < 4.78 is 39.0. The van der Waals surface area contributed by atoms with Gasteiger partial charge in [0.1, 0.15) is 0 Å². The van der Waals surface area contributed by atoms with Gasteiger partial charge in [-0.1, -0.05) is 43.3 Å². The van der Waals surface area contributed by atoms with Gasteiger partial charge in [-0.05, 0) is 48.8 Å². The summed E-state index contributed by atoms with van der Waals surface area (Å²) in [6.07, 6.45) is -3.48. The summed E-state index contributed by atoms with van der Waals surface area (Å²) in [6, 6.07) is 13.2. The van der Waals surface area contributed by atoms with Crippen molar-refractivity contribution in [2.45, 2.75) is 32.5 Å². The van der Waals surface area contributed by atoms with Crippen LogP contribution in [0.2, 0.25) is 0 Å². The highest BCUT2D eigenvalue weighted by Gasteiger charge is 2.33. The first-order valence-electron chi connectivity index (χ1n) is 7.64. The molecule has 0 spiro atoms. The lowest BCUT2D eigenvalue weighted by Crippen LogP contribution is -2.31. The second kappa shape index (κ2) is 7.66. The van der Waals surface area contributed by atoms with Crippen molar-refractivity contribution in [2.75, 3.05) is 5.32 Å². The standard InChI is InChI=1S/C18H19F3N2S/c1-3-13-8-10-14(11-9-13)12(2)22-17(24)23-16-7-5-4-6-15(16)18(19,20)21/h4-12H,3H2,1-2H3,(H2,22,23,24). The van der Waals surface area contributed by atoms with Gasteiger partial charge < -0.3 is 10.6 Å². The maximum atomic E-state index is 13.0. The van der Waals surface area contributed by atoms with Crippen molar-refractivity contribution in [1.82, 2.24) is 5.32 Å². The first-order valence-corrected chi connectivity index (χ1v) is 8.04. The van der Waals surface area contributed by atoms with Crippen LogP contribution in [0.1, 0.15) is 36.6 Å². The molecule has 0 aliphatic rings. The van der Waals surface area contributed by atoms with Gasteiger partial charge in [0.15, 0.2) is 5.11 Å². The van der Waals surface area contributed by atoms with Crippen molar-refractivity contribution < 1.29 is 13.2 Å². The topological polar surface area (TPSA) is 24.1 Å². The fourth-order valence-electron chi connectivity index (χ4n) is 2.32. The Morgan fingerprint density at radius 3 is 2.29 bits per heavy atom. The van der Waals surface area contributed by atoms with Gasteiger partial charge in [0.25, 0.3) is 0 Å². The van der Waals surface area contributed by atoms with Crippen LogP contribution < -0.4 is 10.6 Å². The average molecular weight is 352 g/mol. The molecule has 0 amide bonds. The quantitative estimate of drug-likeness (QED) is 0.729. The molecular formula is C18H19F3N2S. The molecular weight excluding hydrogens is 333 g/mol. The molecule has 2 aromatic carbocycles. The third-order valence-corrected chi connectivity index (χ3v) is 3.94. The van der Waals surface area contributed by atoms with Crippen molar-refractivity contribution in [1.29, 1.82) is 0 Å². The van der Waals surface area contributed by atoms with Crippen LogP contribution in [-0.4, -0.2) is 5.11 Å². The molecule has 0 heterocycles. The van der Waals surface area contributed by atoms with Crippen molar-refractivity contribution in [3.63, 3.8) is 0 Å². The lowest BCUT2D eigenvalue weighted by atomic mass is 10.1. The third-order valence-electron chi connectivity index (χ3n) is 3.72. The minimum absolute atomic E-state index is 0.0592. The molecule has 0 saturated carbocycles. The summed E-state index contributed by atoms with van der Waals surface area (Å²) in [5.74, 6) is 0. The number of para-hydroxylation sites is 1. The fraction of sp³-hybridized carbons (Fsp3) is 0.278. The Bertz CT molecular complexity index is 696. The molecule has 0 bridgehead atoms. The first kappa shape index (κ1) is 18.3. The summed E-state index contributed by atoms with van der Waals surface area (Å²) in [5.41, 5.74) is 1.44. The van der Waals surface area contributed by atoms with Gasteiger partial charge in [0, 0.05) is 0 Å². The second-order valence-corrected chi connectivity index (χ2v) is 5.87. The van der Waals surface area contributed by atoms with Crippen LogP contribution in [0.15, 0.2) is 48.5 Å². The van der Waals surface area contributed by atoms with E-state index in [1.807, 2.05) is 31.2 Å². The van der Waals surface area contributed by atoms with Crippen LogP contribution in [0.4, 0.5) is 18.9 Å². The molecule has 0 saturated heterocycles. The SMILES string of the molecule is CCc1ccc(C(C)NC(=S)Nc2ccccc2C(F)(F)F)cc1. The number of halogens is 3. The first-order chi connectivity index (χ1) is 11.3. The fourth-order valence-corrected chi connectivity index (χ4v) is 2.61. The van der Waals surface area contributed by atoms with Crippen LogP contribution >= 0.6 is 12.2 Å². The van der Waals surface area contributed by atoms with E-state index in [-0.39, 0.29) is 16.8 Å². The number of benzene rings is 2. The molecule has 2 aromatic rings. The summed E-state index contributed by atoms with van der Waals surface area (Å²) in [7, 11) is 0. The van der Waals surface area contributed by atoms with Crippen LogP contribution in [-0.2, 0) is 12.6 Å². The second-order valence-electron chi connectivity index (χ2n) is 5.46. The number of alkyl halides is 3. The number of hydrogen-bond acceptors (Lipinski definition) is 1. The van der Waals surface area contributed by atoms with Crippen molar-refractivity contribution in [3.8, 4) is 0 Å². The Labute approximate surface area is 145 Å². The smallest absolute Gasteiger partial charge is 0.356 e. The Kier molecular flexibility index (Phi) is 5.83. The van der Waals surface area contributed by atoms with Crippen molar-refractivity contribution in [3.05, 3.63) is 65.2 Å². The largest absolute Gasteiger partial charge is 0.418 e. The highest BCUT2D eigenvalue weighted by atomic mass is 32.1. The molecule has 1 atom stereocenters. The van der Waals surface area contributed by atoms with E-state index >= 15 is 0 Å². The molecule has 2 N–H and O–H groups in total. The van der Waals surface area contributed by atoms with Gasteiger partial charge in [-0.2, -0.15) is 13.2 Å². The summed E-state index contributed by atoms with van der Waals surface area (Å²) in [4.78, 5) is 0. The lowest BCUT2D eigenvalue weighted by molar-refractivity contribution is -0.136. The number of nitrogens with one attached hydrogen (secondary N) is 2.